The van der Waals surface area contributed by atoms with E-state index in [1.807, 2.05) is 12.1 Å². The first-order valence-corrected chi connectivity index (χ1v) is 8.55. The smallest absolute Gasteiger partial charge is 0.303 e. The number of aryl methyl sites for hydroxylation is 1. The maximum absolute atomic E-state index is 10.8. The number of amidine groups is 2. The van der Waals surface area contributed by atoms with E-state index in [1.54, 1.807) is 11.8 Å². The fraction of sp³-hybridized carbons (Fsp3) is 0.350. The predicted molar refractivity (Wildman–Crippen MR) is 101 cm³/mol. The molecule has 0 radical (unpaired) electrons. The van der Waals surface area contributed by atoms with Gasteiger partial charge in [-0.15, -0.1) is 0 Å². The van der Waals surface area contributed by atoms with Gasteiger partial charge in [0.15, 0.2) is 0 Å². The summed E-state index contributed by atoms with van der Waals surface area (Å²) in [6.07, 6.45) is 2.12. The number of nitrogens with one attached hydrogen (secondary N) is 2. The summed E-state index contributed by atoms with van der Waals surface area (Å²) >= 11 is 0. The van der Waals surface area contributed by atoms with Crippen molar-refractivity contribution < 1.29 is 9.90 Å². The first kappa shape index (κ1) is 18.6. The molecule has 0 saturated heterocycles. The molecular weight excluding hydrogens is 314 g/mol. The molecule has 0 heterocycles. The Morgan fingerprint density at radius 2 is 1.64 bits per heavy atom. The number of rotatable bonds is 7. The van der Waals surface area contributed by atoms with Crippen LogP contribution in [0.1, 0.15) is 44.2 Å². The molecule has 0 aliphatic heterocycles. The Kier molecular flexibility index (Phi) is 6.28. The summed E-state index contributed by atoms with van der Waals surface area (Å²) in [6, 6.07) is 12.4. The van der Waals surface area contributed by atoms with Crippen LogP contribution in [0.25, 0.3) is 10.8 Å². The zero-order chi connectivity index (χ0) is 18.4. The molecule has 5 nitrogen and oxygen atoms in total. The number of carboxylic acid groups (broad SMARTS) is 1. The van der Waals surface area contributed by atoms with Crippen LogP contribution >= 0.6 is 0 Å². The Morgan fingerprint density at radius 1 is 1.04 bits per heavy atom. The summed E-state index contributed by atoms with van der Waals surface area (Å²) in [5, 5.41) is 27.3. The number of aliphatic carboxylic acids is 1. The summed E-state index contributed by atoms with van der Waals surface area (Å²) in [5.74, 6) is -0.518. The highest BCUT2D eigenvalue weighted by Crippen LogP contribution is 2.25. The highest BCUT2D eigenvalue weighted by Gasteiger charge is 2.16. The molecule has 0 bridgehead atoms. The van der Waals surface area contributed by atoms with Crippen LogP contribution in [0, 0.1) is 10.8 Å². The molecule has 0 unspecified atom stereocenters. The van der Waals surface area contributed by atoms with E-state index in [2.05, 4.69) is 31.2 Å². The average molecular weight is 339 g/mol. The Hall–Kier alpha value is -2.69. The monoisotopic (exact) mass is 339 g/mol. The molecule has 0 spiro atoms. The second kappa shape index (κ2) is 8.42. The lowest BCUT2D eigenvalue weighted by Crippen LogP contribution is -2.34. The number of carbonyl (C=O) groups is 1. The largest absolute Gasteiger partial charge is 0.481 e. The van der Waals surface area contributed by atoms with Crippen molar-refractivity contribution in [1.29, 1.82) is 10.8 Å². The van der Waals surface area contributed by atoms with Crippen LogP contribution in [0.2, 0.25) is 0 Å². The summed E-state index contributed by atoms with van der Waals surface area (Å²) in [5.41, 5.74) is 2.35. The molecule has 0 aromatic heterocycles. The third kappa shape index (κ3) is 4.66. The molecule has 0 atom stereocenters. The maximum Gasteiger partial charge on any atom is 0.303 e. The number of fused-ring (bicyclic) bond motifs is 1. The first-order chi connectivity index (χ1) is 11.9. The summed E-state index contributed by atoms with van der Waals surface area (Å²) in [4.78, 5) is 12.3. The summed E-state index contributed by atoms with van der Waals surface area (Å²) in [6.45, 7) is 4.19. The van der Waals surface area contributed by atoms with Crippen molar-refractivity contribution in [3.8, 4) is 0 Å². The minimum Gasteiger partial charge on any atom is -0.481 e. The van der Waals surface area contributed by atoms with Gasteiger partial charge < -0.3 is 10.0 Å². The van der Waals surface area contributed by atoms with Crippen molar-refractivity contribution in [3.05, 3.63) is 47.5 Å². The van der Waals surface area contributed by atoms with Gasteiger partial charge in [-0.2, -0.15) is 0 Å². The zero-order valence-electron chi connectivity index (χ0n) is 14.8. The predicted octanol–water partition coefficient (Wildman–Crippen LogP) is 4.43. The van der Waals surface area contributed by atoms with Crippen LogP contribution in [-0.2, 0) is 17.8 Å². The van der Waals surface area contributed by atoms with Gasteiger partial charge in [0.2, 0.25) is 0 Å². The van der Waals surface area contributed by atoms with E-state index < -0.39 is 5.97 Å². The van der Waals surface area contributed by atoms with Gasteiger partial charge in [-0.25, -0.2) is 0 Å². The molecule has 0 fully saturated rings. The number of nitrogens with zero attached hydrogens (tertiary/aromatic N) is 1. The molecule has 0 aliphatic carbocycles. The molecule has 0 aliphatic rings. The van der Waals surface area contributed by atoms with Gasteiger partial charge in [0.25, 0.3) is 0 Å². The third-order valence-corrected chi connectivity index (χ3v) is 4.26. The van der Waals surface area contributed by atoms with Crippen molar-refractivity contribution in [3.63, 3.8) is 0 Å². The molecule has 25 heavy (non-hydrogen) atoms. The fourth-order valence-corrected chi connectivity index (χ4v) is 3.00. The van der Waals surface area contributed by atoms with Gasteiger partial charge in [0.05, 0.1) is 18.8 Å². The number of carboxylic acids is 1. The standard InChI is InChI=1S/C20H25N3O2/c1-3-6-15-9-10-16(18-8-5-4-7-17(15)18)13-23(14(2)21)19(22)11-12-20(24)25/h4-5,7-10,21-22H,3,6,11-13H2,1-2H3,(H,24,25). The van der Waals surface area contributed by atoms with Crippen molar-refractivity contribution >= 4 is 28.4 Å². The van der Waals surface area contributed by atoms with E-state index in [4.69, 9.17) is 15.9 Å². The van der Waals surface area contributed by atoms with E-state index in [1.165, 1.54) is 10.9 Å². The second-order valence-corrected chi connectivity index (χ2v) is 6.19. The summed E-state index contributed by atoms with van der Waals surface area (Å²) < 4.78 is 0. The molecule has 2 aromatic carbocycles. The second-order valence-electron chi connectivity index (χ2n) is 6.19. The van der Waals surface area contributed by atoms with Crippen LogP contribution in [0.5, 0.6) is 0 Å². The SMILES string of the molecule is CCCc1ccc(CN(C(C)=N)C(=N)CCC(=O)O)c2ccccc12. The van der Waals surface area contributed by atoms with E-state index >= 15 is 0 Å². The first-order valence-electron chi connectivity index (χ1n) is 8.55. The quantitative estimate of drug-likeness (QED) is 0.515. The van der Waals surface area contributed by atoms with Gasteiger partial charge in [-0.05, 0) is 35.2 Å². The van der Waals surface area contributed by atoms with Gasteiger partial charge in [-0.1, -0.05) is 49.7 Å². The Balaban J connectivity index is 2.33. The maximum atomic E-state index is 10.8. The third-order valence-electron chi connectivity index (χ3n) is 4.26. The molecular formula is C20H25N3O2. The molecule has 132 valence electrons. The minimum atomic E-state index is -0.929. The van der Waals surface area contributed by atoms with E-state index in [-0.39, 0.29) is 24.5 Å². The normalized spacial score (nSPS) is 10.6. The van der Waals surface area contributed by atoms with Gasteiger partial charge in [0.1, 0.15) is 5.84 Å². The minimum absolute atomic E-state index is 0.0984. The molecule has 2 aromatic rings. The lowest BCUT2D eigenvalue weighted by Gasteiger charge is -2.25. The lowest BCUT2D eigenvalue weighted by molar-refractivity contribution is -0.136. The van der Waals surface area contributed by atoms with Crippen molar-refractivity contribution in [2.24, 2.45) is 0 Å². The van der Waals surface area contributed by atoms with Crippen LogP contribution in [0.15, 0.2) is 36.4 Å². The Bertz CT molecular complexity index is 799. The zero-order valence-corrected chi connectivity index (χ0v) is 14.8. The summed E-state index contributed by atoms with van der Waals surface area (Å²) in [7, 11) is 0. The van der Waals surface area contributed by atoms with Gasteiger partial charge >= 0.3 is 5.97 Å². The molecule has 5 heteroatoms. The molecule has 0 saturated carbocycles. The van der Waals surface area contributed by atoms with Crippen LogP contribution in [-0.4, -0.2) is 27.6 Å². The average Bonchev–Trinajstić information content (AvgIpc) is 2.58. The number of hydrogen-bond acceptors (Lipinski definition) is 3. The van der Waals surface area contributed by atoms with E-state index in [9.17, 15) is 4.79 Å². The van der Waals surface area contributed by atoms with Crippen molar-refractivity contribution in [1.82, 2.24) is 4.90 Å². The van der Waals surface area contributed by atoms with E-state index in [0.717, 1.165) is 23.8 Å². The Morgan fingerprint density at radius 3 is 2.20 bits per heavy atom. The van der Waals surface area contributed by atoms with Crippen molar-refractivity contribution in [2.75, 3.05) is 0 Å². The van der Waals surface area contributed by atoms with E-state index in [0.29, 0.717) is 6.54 Å². The van der Waals surface area contributed by atoms with Crippen LogP contribution < -0.4 is 0 Å². The Labute approximate surface area is 148 Å². The van der Waals surface area contributed by atoms with Crippen LogP contribution in [0.3, 0.4) is 0 Å². The van der Waals surface area contributed by atoms with Crippen LogP contribution in [0.4, 0.5) is 0 Å². The number of benzene rings is 2. The van der Waals surface area contributed by atoms with Gasteiger partial charge in [0, 0.05) is 6.42 Å². The lowest BCUT2D eigenvalue weighted by atomic mass is 9.96. The fourth-order valence-electron chi connectivity index (χ4n) is 3.00. The van der Waals surface area contributed by atoms with Crippen molar-refractivity contribution in [2.45, 2.75) is 46.1 Å². The highest BCUT2D eigenvalue weighted by atomic mass is 16.4. The molecule has 2 rings (SSSR count). The topological polar surface area (TPSA) is 88.2 Å². The number of hydrogen-bond donors (Lipinski definition) is 3. The highest BCUT2D eigenvalue weighted by molar-refractivity contribution is 5.98. The van der Waals surface area contributed by atoms with Gasteiger partial charge in [-0.3, -0.25) is 15.6 Å². The molecule has 3 N–H and O–H groups in total. The molecule has 0 amide bonds.